The van der Waals surface area contributed by atoms with Crippen molar-refractivity contribution < 1.29 is 4.79 Å². The largest absolute Gasteiger partial charge is 0.302 e. The van der Waals surface area contributed by atoms with E-state index in [0.717, 1.165) is 0 Å². The molecule has 1 N–H and O–H groups in total. The number of aryl methyl sites for hydroxylation is 1. The summed E-state index contributed by atoms with van der Waals surface area (Å²) in [6.07, 6.45) is 3.03. The molecule has 0 spiro atoms. The van der Waals surface area contributed by atoms with Gasteiger partial charge in [-0.1, -0.05) is 6.07 Å². The molecular weight excluding hydrogens is 194 g/mol. The van der Waals surface area contributed by atoms with Crippen LogP contribution in [-0.4, -0.2) is 25.9 Å². The van der Waals surface area contributed by atoms with E-state index in [1.165, 1.54) is 11.0 Å². The van der Waals surface area contributed by atoms with Gasteiger partial charge in [-0.25, -0.2) is 0 Å². The van der Waals surface area contributed by atoms with Crippen molar-refractivity contribution in [2.45, 2.75) is 0 Å². The molecule has 2 heterocycles. The van der Waals surface area contributed by atoms with Gasteiger partial charge in [0.05, 0.1) is 6.20 Å². The molecule has 6 heteroatoms. The molecule has 15 heavy (non-hydrogen) atoms. The molecule has 0 aliphatic heterocycles. The van der Waals surface area contributed by atoms with Crippen LogP contribution in [-0.2, 0) is 7.05 Å². The second-order valence-corrected chi connectivity index (χ2v) is 2.89. The zero-order valence-electron chi connectivity index (χ0n) is 8.08. The average molecular weight is 203 g/mol. The van der Waals surface area contributed by atoms with Gasteiger partial charge in [-0.05, 0) is 12.1 Å². The van der Waals surface area contributed by atoms with Gasteiger partial charge in [-0.3, -0.25) is 9.78 Å². The number of nitrogens with zero attached hydrogens (tertiary/aromatic N) is 4. The van der Waals surface area contributed by atoms with Crippen LogP contribution in [0, 0.1) is 0 Å². The number of pyridine rings is 1. The lowest BCUT2D eigenvalue weighted by Gasteiger charge is -1.98. The highest BCUT2D eigenvalue weighted by Gasteiger charge is 2.07. The highest BCUT2D eigenvalue weighted by molar-refractivity contribution is 6.02. The van der Waals surface area contributed by atoms with Crippen molar-refractivity contribution in [3.05, 3.63) is 36.3 Å². The zero-order valence-corrected chi connectivity index (χ0v) is 8.08. The average Bonchev–Trinajstić information content (AvgIpc) is 2.65. The van der Waals surface area contributed by atoms with Gasteiger partial charge in [0.2, 0.25) is 0 Å². The van der Waals surface area contributed by atoms with E-state index >= 15 is 0 Å². The molecule has 76 valence electrons. The molecule has 0 radical (unpaired) electrons. The maximum Gasteiger partial charge on any atom is 0.275 e. The van der Waals surface area contributed by atoms with Crippen LogP contribution in [0.3, 0.4) is 0 Å². The minimum atomic E-state index is -0.295. The summed E-state index contributed by atoms with van der Waals surface area (Å²) in [4.78, 5) is 16.9. The summed E-state index contributed by atoms with van der Waals surface area (Å²) in [5.41, 5.74) is 0.350. The molecule has 2 aromatic rings. The predicted octanol–water partition coefficient (Wildman–Crippen LogP) is 0.462. The Bertz CT molecular complexity index is 464. The number of hydrogen-bond acceptors (Lipinski definition) is 4. The molecule has 0 atom stereocenters. The van der Waals surface area contributed by atoms with E-state index in [2.05, 4.69) is 20.5 Å². The van der Waals surface area contributed by atoms with Gasteiger partial charge < -0.3 is 5.32 Å². The van der Waals surface area contributed by atoms with Crippen molar-refractivity contribution >= 4 is 11.7 Å². The van der Waals surface area contributed by atoms with Gasteiger partial charge in [0.1, 0.15) is 5.69 Å². The van der Waals surface area contributed by atoms with Crippen molar-refractivity contribution in [2.75, 3.05) is 5.32 Å². The van der Waals surface area contributed by atoms with E-state index in [-0.39, 0.29) is 5.91 Å². The minimum absolute atomic E-state index is 0.295. The molecular formula is C9H9N5O. The van der Waals surface area contributed by atoms with Crippen LogP contribution in [0.5, 0.6) is 0 Å². The standard InChI is InChI=1S/C9H9N5O/c1-14-11-6-8(13-14)12-9(15)7-4-2-3-5-10-7/h2-6H,1H3,(H,12,13,15). The lowest BCUT2D eigenvalue weighted by molar-refractivity contribution is 0.102. The van der Waals surface area contributed by atoms with Crippen LogP contribution in [0.4, 0.5) is 5.82 Å². The van der Waals surface area contributed by atoms with Crippen molar-refractivity contribution in [3.8, 4) is 0 Å². The van der Waals surface area contributed by atoms with E-state index in [4.69, 9.17) is 0 Å². The molecule has 0 unspecified atom stereocenters. The fourth-order valence-corrected chi connectivity index (χ4v) is 1.08. The topological polar surface area (TPSA) is 72.7 Å². The number of amides is 1. The first-order chi connectivity index (χ1) is 7.25. The molecule has 1 amide bonds. The summed E-state index contributed by atoms with van der Waals surface area (Å²) in [6, 6.07) is 5.13. The van der Waals surface area contributed by atoms with E-state index in [1.807, 2.05) is 0 Å². The maximum atomic E-state index is 11.6. The third kappa shape index (κ3) is 2.16. The Balaban J connectivity index is 2.11. The Labute approximate surface area is 85.9 Å². The van der Waals surface area contributed by atoms with Crippen molar-refractivity contribution in [1.82, 2.24) is 20.0 Å². The first kappa shape index (κ1) is 9.32. The minimum Gasteiger partial charge on any atom is -0.302 e. The highest BCUT2D eigenvalue weighted by Crippen LogP contribution is 2.01. The summed E-state index contributed by atoms with van der Waals surface area (Å²) in [6.45, 7) is 0. The number of carbonyl (C=O) groups excluding carboxylic acids is 1. The Morgan fingerprint density at radius 1 is 1.47 bits per heavy atom. The first-order valence-corrected chi connectivity index (χ1v) is 4.34. The lowest BCUT2D eigenvalue weighted by Crippen LogP contribution is -2.13. The van der Waals surface area contributed by atoms with Crippen LogP contribution in [0.25, 0.3) is 0 Å². The molecule has 0 fully saturated rings. The molecule has 2 rings (SSSR count). The third-order valence-electron chi connectivity index (χ3n) is 1.74. The monoisotopic (exact) mass is 203 g/mol. The molecule has 0 aromatic carbocycles. The van der Waals surface area contributed by atoms with Gasteiger partial charge >= 0.3 is 0 Å². The van der Waals surface area contributed by atoms with Gasteiger partial charge in [0, 0.05) is 13.2 Å². The van der Waals surface area contributed by atoms with Crippen molar-refractivity contribution in [2.24, 2.45) is 7.05 Å². The van der Waals surface area contributed by atoms with Gasteiger partial charge in [-0.2, -0.15) is 9.90 Å². The predicted molar refractivity (Wildman–Crippen MR) is 53.2 cm³/mol. The van der Waals surface area contributed by atoms with Crippen molar-refractivity contribution in [1.29, 1.82) is 0 Å². The van der Waals surface area contributed by atoms with Crippen LogP contribution >= 0.6 is 0 Å². The number of nitrogens with one attached hydrogen (secondary N) is 1. The van der Waals surface area contributed by atoms with E-state index in [9.17, 15) is 4.79 Å². The van der Waals surface area contributed by atoms with Gasteiger partial charge in [0.25, 0.3) is 5.91 Å². The van der Waals surface area contributed by atoms with Crippen LogP contribution in [0.1, 0.15) is 10.5 Å². The Morgan fingerprint density at radius 3 is 2.93 bits per heavy atom. The van der Waals surface area contributed by atoms with Crippen molar-refractivity contribution in [3.63, 3.8) is 0 Å². The van der Waals surface area contributed by atoms with Crippen LogP contribution in [0.15, 0.2) is 30.6 Å². The third-order valence-corrected chi connectivity index (χ3v) is 1.74. The molecule has 0 aliphatic rings. The second kappa shape index (κ2) is 3.87. The first-order valence-electron chi connectivity index (χ1n) is 4.34. The summed E-state index contributed by atoms with van der Waals surface area (Å²) in [7, 11) is 1.68. The van der Waals surface area contributed by atoms with E-state index < -0.39 is 0 Å². The summed E-state index contributed by atoms with van der Waals surface area (Å²) in [5, 5.41) is 10.3. The molecule has 0 aliphatic carbocycles. The molecule has 0 bridgehead atoms. The summed E-state index contributed by atoms with van der Waals surface area (Å²) >= 11 is 0. The maximum absolute atomic E-state index is 11.6. The van der Waals surface area contributed by atoms with Gasteiger partial charge in [-0.15, -0.1) is 5.10 Å². The number of anilines is 1. The Kier molecular flexibility index (Phi) is 2.40. The zero-order chi connectivity index (χ0) is 10.7. The number of rotatable bonds is 2. The number of hydrogen-bond donors (Lipinski definition) is 1. The molecule has 6 nitrogen and oxygen atoms in total. The molecule has 0 saturated heterocycles. The fourth-order valence-electron chi connectivity index (χ4n) is 1.08. The van der Waals surface area contributed by atoms with E-state index in [1.54, 1.807) is 31.4 Å². The SMILES string of the molecule is Cn1ncc(NC(=O)c2ccccn2)n1. The van der Waals surface area contributed by atoms with Crippen LogP contribution in [0.2, 0.25) is 0 Å². The molecule has 0 saturated carbocycles. The summed E-state index contributed by atoms with van der Waals surface area (Å²) in [5.74, 6) is 0.115. The molecule has 2 aromatic heterocycles. The van der Waals surface area contributed by atoms with Gasteiger partial charge in [0.15, 0.2) is 5.82 Å². The van der Waals surface area contributed by atoms with Crippen LogP contribution < -0.4 is 5.32 Å². The Hall–Kier alpha value is -2.24. The fraction of sp³-hybridized carbons (Fsp3) is 0.111. The quantitative estimate of drug-likeness (QED) is 0.769. The number of aromatic nitrogens is 4. The lowest BCUT2D eigenvalue weighted by atomic mass is 10.3. The normalized spacial score (nSPS) is 9.93. The summed E-state index contributed by atoms with van der Waals surface area (Å²) < 4.78 is 0. The van der Waals surface area contributed by atoms with E-state index in [0.29, 0.717) is 11.5 Å². The highest BCUT2D eigenvalue weighted by atomic mass is 16.2. The Morgan fingerprint density at radius 2 is 2.33 bits per heavy atom. The smallest absolute Gasteiger partial charge is 0.275 e. The second-order valence-electron chi connectivity index (χ2n) is 2.89. The number of carbonyl (C=O) groups is 1.